The van der Waals surface area contributed by atoms with E-state index in [0.717, 1.165) is 33.9 Å². The predicted octanol–water partition coefficient (Wildman–Crippen LogP) is 16.1. The molecule has 0 N–H and O–H groups in total. The van der Waals surface area contributed by atoms with Gasteiger partial charge in [0.15, 0.2) is 5.82 Å². The summed E-state index contributed by atoms with van der Waals surface area (Å²) >= 11 is 0. The van der Waals surface area contributed by atoms with Gasteiger partial charge in [0.1, 0.15) is 0 Å². The van der Waals surface area contributed by atoms with Crippen molar-refractivity contribution in [2.24, 2.45) is 0 Å². The molecule has 1 spiro atoms. The van der Waals surface area contributed by atoms with Gasteiger partial charge in [-0.25, -0.2) is 9.97 Å². The van der Waals surface area contributed by atoms with E-state index in [1.165, 1.54) is 99.4 Å². The minimum Gasteiger partial charge on any atom is -0.228 e. The summed E-state index contributed by atoms with van der Waals surface area (Å²) in [6, 6.07) is 80.7. The van der Waals surface area contributed by atoms with Gasteiger partial charge >= 0.3 is 0 Å². The molecule has 0 saturated carbocycles. The highest BCUT2D eigenvalue weighted by Gasteiger charge is 2.52. The first kappa shape index (κ1) is 37.2. The fraction of sp³-hybridized carbons (Fsp3) is 0.0625. The Labute approximate surface area is 384 Å². The molecule has 3 aliphatic rings. The van der Waals surface area contributed by atoms with Crippen LogP contribution >= 0.6 is 0 Å². The van der Waals surface area contributed by atoms with Crippen LogP contribution in [0.25, 0.3) is 100.0 Å². The average Bonchev–Trinajstić information content (AvgIpc) is 3.94. The van der Waals surface area contributed by atoms with Gasteiger partial charge < -0.3 is 0 Å². The standard InChI is InChI=1S/C64H42N2/c1-63(2)55-28-15-24-50(61(55)51-36-40-18-6-7-19-41(40)37-57(51)63)59-38-58(65-62(66-59)39-16-4-3-5-17-39)45-33-31-42-34-44(32-30-43(42)35-45)46-23-14-29-56-60(46)49-22-10-13-27-54(49)64(56)52-25-11-8-20-47(52)48-21-9-12-26-53(48)64/h3-38H,1-2H3. The molecular weight excluding hydrogens is 797 g/mol. The lowest BCUT2D eigenvalue weighted by Crippen LogP contribution is -2.25. The van der Waals surface area contributed by atoms with Crippen LogP contribution in [0.1, 0.15) is 47.2 Å². The monoisotopic (exact) mass is 838 g/mol. The third-order valence-electron chi connectivity index (χ3n) is 15.1. The Kier molecular flexibility index (Phi) is 7.70. The SMILES string of the molecule is CC1(C)c2cc3ccccc3cc2-c2c(-c3cc(-c4ccc5cc(-c6cccc7c6-c6ccccc6C76c7ccccc7-c7ccccc76)ccc5c4)nc(-c4ccccc4)n3)cccc21. The number of benzene rings is 10. The van der Waals surface area contributed by atoms with Gasteiger partial charge in [0.2, 0.25) is 0 Å². The van der Waals surface area contributed by atoms with Crippen molar-refractivity contribution in [1.82, 2.24) is 9.97 Å². The van der Waals surface area contributed by atoms with Gasteiger partial charge in [-0.05, 0) is 130 Å². The number of aromatic nitrogens is 2. The molecular formula is C64H42N2. The molecule has 14 rings (SSSR count). The van der Waals surface area contributed by atoms with E-state index >= 15 is 0 Å². The Balaban J connectivity index is 0.909. The molecule has 1 heterocycles. The van der Waals surface area contributed by atoms with Crippen LogP contribution in [0.5, 0.6) is 0 Å². The van der Waals surface area contributed by atoms with Crippen LogP contribution in [0, 0.1) is 0 Å². The molecule has 2 heteroatoms. The van der Waals surface area contributed by atoms with Crippen LogP contribution in [0.3, 0.4) is 0 Å². The smallest absolute Gasteiger partial charge is 0.160 e. The van der Waals surface area contributed by atoms with Crippen molar-refractivity contribution >= 4 is 21.5 Å². The second-order valence-electron chi connectivity index (χ2n) is 18.8. The van der Waals surface area contributed by atoms with Crippen LogP contribution in [0.2, 0.25) is 0 Å². The van der Waals surface area contributed by atoms with Crippen LogP contribution < -0.4 is 0 Å². The van der Waals surface area contributed by atoms with Gasteiger partial charge in [-0.15, -0.1) is 0 Å². The number of hydrogen-bond acceptors (Lipinski definition) is 2. The zero-order valence-corrected chi connectivity index (χ0v) is 36.7. The van der Waals surface area contributed by atoms with E-state index < -0.39 is 0 Å². The number of nitrogens with zero attached hydrogens (tertiary/aromatic N) is 2. The highest BCUT2D eigenvalue weighted by atomic mass is 14.9. The number of fused-ring (bicyclic) bond motifs is 15. The average molecular weight is 839 g/mol. The van der Waals surface area contributed by atoms with E-state index in [0.29, 0.717) is 0 Å². The van der Waals surface area contributed by atoms with Crippen LogP contribution in [0.15, 0.2) is 218 Å². The second-order valence-corrected chi connectivity index (χ2v) is 18.8. The van der Waals surface area contributed by atoms with Crippen molar-refractivity contribution in [2.75, 3.05) is 0 Å². The molecule has 0 aliphatic heterocycles. The lowest BCUT2D eigenvalue weighted by Gasteiger charge is -2.30. The molecule has 0 saturated heterocycles. The summed E-state index contributed by atoms with van der Waals surface area (Å²) in [5, 5.41) is 4.88. The maximum atomic E-state index is 5.35. The largest absolute Gasteiger partial charge is 0.228 e. The zero-order valence-electron chi connectivity index (χ0n) is 36.7. The van der Waals surface area contributed by atoms with E-state index in [1.807, 2.05) is 6.07 Å². The summed E-state index contributed by atoms with van der Waals surface area (Å²) < 4.78 is 0. The normalized spacial score (nSPS) is 14.2. The molecule has 11 aromatic rings. The number of rotatable bonds is 4. The van der Waals surface area contributed by atoms with Crippen molar-refractivity contribution < 1.29 is 0 Å². The van der Waals surface area contributed by atoms with E-state index in [2.05, 4.69) is 226 Å². The Morgan fingerprint density at radius 3 is 1.52 bits per heavy atom. The first-order chi connectivity index (χ1) is 32.5. The molecule has 0 amide bonds. The molecule has 10 aromatic carbocycles. The molecule has 0 fully saturated rings. The summed E-state index contributed by atoms with van der Waals surface area (Å²) in [6.07, 6.45) is 0. The van der Waals surface area contributed by atoms with Gasteiger partial charge in [0, 0.05) is 22.1 Å². The summed E-state index contributed by atoms with van der Waals surface area (Å²) in [7, 11) is 0. The maximum absolute atomic E-state index is 5.35. The van der Waals surface area contributed by atoms with E-state index in [4.69, 9.17) is 9.97 Å². The Morgan fingerprint density at radius 2 is 0.788 bits per heavy atom. The predicted molar refractivity (Wildman–Crippen MR) is 273 cm³/mol. The minimum atomic E-state index is -0.371. The lowest BCUT2D eigenvalue weighted by atomic mass is 9.70. The fourth-order valence-electron chi connectivity index (χ4n) is 12.1. The summed E-state index contributed by atoms with van der Waals surface area (Å²) in [5.74, 6) is 0.718. The Bertz CT molecular complexity index is 3810. The Hall–Kier alpha value is -8.20. The molecule has 0 atom stereocenters. The molecule has 0 radical (unpaired) electrons. The van der Waals surface area contributed by atoms with Crippen LogP contribution in [-0.4, -0.2) is 9.97 Å². The third-order valence-corrected chi connectivity index (χ3v) is 15.1. The van der Waals surface area contributed by atoms with E-state index in [9.17, 15) is 0 Å². The third kappa shape index (κ3) is 5.07. The van der Waals surface area contributed by atoms with Crippen molar-refractivity contribution in [3.8, 4) is 78.4 Å². The van der Waals surface area contributed by atoms with Gasteiger partial charge in [-0.3, -0.25) is 0 Å². The van der Waals surface area contributed by atoms with Crippen molar-refractivity contribution in [1.29, 1.82) is 0 Å². The summed E-state index contributed by atoms with van der Waals surface area (Å²) in [5.41, 5.74) is 22.9. The van der Waals surface area contributed by atoms with Gasteiger partial charge in [-0.2, -0.15) is 0 Å². The van der Waals surface area contributed by atoms with E-state index in [1.54, 1.807) is 0 Å². The van der Waals surface area contributed by atoms with Crippen LogP contribution in [-0.2, 0) is 10.8 Å². The van der Waals surface area contributed by atoms with Crippen LogP contribution in [0.4, 0.5) is 0 Å². The first-order valence-electron chi connectivity index (χ1n) is 23.1. The second kappa shape index (κ2) is 13.7. The molecule has 66 heavy (non-hydrogen) atoms. The number of hydrogen-bond donors (Lipinski definition) is 0. The molecule has 308 valence electrons. The molecule has 0 unspecified atom stereocenters. The van der Waals surface area contributed by atoms with Crippen molar-refractivity contribution in [2.45, 2.75) is 24.7 Å². The first-order valence-corrected chi connectivity index (χ1v) is 23.1. The minimum absolute atomic E-state index is 0.155. The quantitative estimate of drug-likeness (QED) is 0.176. The molecule has 2 nitrogen and oxygen atoms in total. The zero-order chi connectivity index (χ0) is 43.7. The molecule has 1 aromatic heterocycles. The summed E-state index contributed by atoms with van der Waals surface area (Å²) in [4.78, 5) is 10.6. The Morgan fingerprint density at radius 1 is 0.288 bits per heavy atom. The molecule has 0 bridgehead atoms. The van der Waals surface area contributed by atoms with Gasteiger partial charge in [-0.1, -0.05) is 202 Å². The maximum Gasteiger partial charge on any atom is 0.160 e. The highest BCUT2D eigenvalue weighted by Crippen LogP contribution is 2.64. The molecule has 3 aliphatic carbocycles. The van der Waals surface area contributed by atoms with Gasteiger partial charge in [0.05, 0.1) is 16.8 Å². The van der Waals surface area contributed by atoms with E-state index in [-0.39, 0.29) is 10.8 Å². The topological polar surface area (TPSA) is 25.8 Å². The lowest BCUT2D eigenvalue weighted by molar-refractivity contribution is 0.661. The van der Waals surface area contributed by atoms with Crippen molar-refractivity contribution in [3.05, 3.63) is 252 Å². The highest BCUT2D eigenvalue weighted by molar-refractivity contribution is 6.02. The fourth-order valence-corrected chi connectivity index (χ4v) is 12.1. The summed E-state index contributed by atoms with van der Waals surface area (Å²) in [6.45, 7) is 4.71. The van der Waals surface area contributed by atoms with Crippen molar-refractivity contribution in [3.63, 3.8) is 0 Å². The van der Waals surface area contributed by atoms with Gasteiger partial charge in [0.25, 0.3) is 0 Å².